The zero-order valence-electron chi connectivity index (χ0n) is 5.77. The number of carbonyl (C=O) groups is 1. The van der Waals surface area contributed by atoms with Crippen LogP contribution in [0.2, 0.25) is 0 Å². The zero-order valence-corrected chi connectivity index (χ0v) is 5.77. The number of hydrogen-bond acceptors (Lipinski definition) is 3. The number of aliphatic hydroxyl groups excluding tert-OH is 1. The number of aliphatic hydroxyl groups is 1. The number of hydrogen-bond donors (Lipinski definition) is 2. The number of aliphatic carboxylic acids is 1. The van der Waals surface area contributed by atoms with Gasteiger partial charge in [-0.25, -0.2) is 4.98 Å². The molecule has 1 heterocycles. The van der Waals surface area contributed by atoms with Crippen LogP contribution in [0.1, 0.15) is 5.82 Å². The van der Waals surface area contributed by atoms with Crippen molar-refractivity contribution in [2.45, 2.75) is 13.2 Å². The van der Waals surface area contributed by atoms with Gasteiger partial charge in [0, 0.05) is 12.4 Å². The predicted octanol–water partition coefficient (Wildman–Crippen LogP) is -0.540. The predicted molar refractivity (Wildman–Crippen MR) is 35.8 cm³/mol. The lowest BCUT2D eigenvalue weighted by molar-refractivity contribution is -0.137. The summed E-state index contributed by atoms with van der Waals surface area (Å²) >= 11 is 0. The maximum atomic E-state index is 10.2. The summed E-state index contributed by atoms with van der Waals surface area (Å²) in [6, 6.07) is 0. The van der Waals surface area contributed by atoms with Gasteiger partial charge in [-0.05, 0) is 0 Å². The molecule has 0 spiro atoms. The van der Waals surface area contributed by atoms with Gasteiger partial charge in [-0.2, -0.15) is 0 Å². The van der Waals surface area contributed by atoms with Crippen LogP contribution in [0.3, 0.4) is 0 Å². The Hall–Kier alpha value is -1.36. The number of carboxylic acid groups (broad SMARTS) is 1. The number of imidazole rings is 1. The molecule has 5 nitrogen and oxygen atoms in total. The van der Waals surface area contributed by atoms with Crippen molar-refractivity contribution in [3.05, 3.63) is 18.2 Å². The van der Waals surface area contributed by atoms with E-state index in [1.165, 1.54) is 17.0 Å². The Labute approximate surface area is 62.9 Å². The number of rotatable bonds is 3. The zero-order chi connectivity index (χ0) is 8.27. The van der Waals surface area contributed by atoms with Gasteiger partial charge >= 0.3 is 5.97 Å². The first-order chi connectivity index (χ1) is 5.24. The third kappa shape index (κ3) is 1.78. The summed E-state index contributed by atoms with van der Waals surface area (Å²) in [4.78, 5) is 13.9. The van der Waals surface area contributed by atoms with Crippen LogP contribution in [0.25, 0.3) is 0 Å². The summed E-state index contributed by atoms with van der Waals surface area (Å²) in [6.07, 6.45) is 2.97. The molecule has 0 aromatic carbocycles. The lowest BCUT2D eigenvalue weighted by Crippen LogP contribution is -2.10. The van der Waals surface area contributed by atoms with Gasteiger partial charge in [0.15, 0.2) is 0 Å². The minimum atomic E-state index is -0.947. The van der Waals surface area contributed by atoms with E-state index >= 15 is 0 Å². The highest BCUT2D eigenvalue weighted by Gasteiger charge is 2.03. The fourth-order valence-electron chi connectivity index (χ4n) is 0.781. The summed E-state index contributed by atoms with van der Waals surface area (Å²) < 4.78 is 1.38. The fourth-order valence-corrected chi connectivity index (χ4v) is 0.781. The Balaban J connectivity index is 2.76. The monoisotopic (exact) mass is 156 g/mol. The SMILES string of the molecule is O=C(O)Cn1ccnc1CO. The molecule has 0 amide bonds. The molecule has 1 rings (SSSR count). The molecule has 0 aliphatic carbocycles. The molecule has 2 N–H and O–H groups in total. The first kappa shape index (κ1) is 7.74. The van der Waals surface area contributed by atoms with E-state index in [-0.39, 0.29) is 13.2 Å². The van der Waals surface area contributed by atoms with Gasteiger partial charge in [0.1, 0.15) is 19.0 Å². The smallest absolute Gasteiger partial charge is 0.323 e. The highest BCUT2D eigenvalue weighted by molar-refractivity contribution is 5.66. The largest absolute Gasteiger partial charge is 0.480 e. The Morgan fingerprint density at radius 3 is 3.00 bits per heavy atom. The van der Waals surface area contributed by atoms with Gasteiger partial charge in [-0.15, -0.1) is 0 Å². The highest BCUT2D eigenvalue weighted by Crippen LogP contribution is 1.96. The third-order valence-electron chi connectivity index (χ3n) is 1.25. The second-order valence-electron chi connectivity index (χ2n) is 2.02. The van der Waals surface area contributed by atoms with Crippen LogP contribution in [-0.4, -0.2) is 25.7 Å². The molecule has 0 fully saturated rings. The minimum Gasteiger partial charge on any atom is -0.480 e. The van der Waals surface area contributed by atoms with Crippen molar-refractivity contribution in [2.24, 2.45) is 0 Å². The van der Waals surface area contributed by atoms with E-state index in [0.29, 0.717) is 5.82 Å². The Bertz CT molecular complexity index is 256. The summed E-state index contributed by atoms with van der Waals surface area (Å²) in [6.45, 7) is -0.393. The van der Waals surface area contributed by atoms with Crippen molar-refractivity contribution in [1.82, 2.24) is 9.55 Å². The molecule has 5 heteroatoms. The second-order valence-corrected chi connectivity index (χ2v) is 2.02. The van der Waals surface area contributed by atoms with Crippen molar-refractivity contribution in [2.75, 3.05) is 0 Å². The number of carboxylic acids is 1. The summed E-state index contributed by atoms with van der Waals surface area (Å²) in [7, 11) is 0. The topological polar surface area (TPSA) is 75.3 Å². The van der Waals surface area contributed by atoms with E-state index < -0.39 is 5.97 Å². The van der Waals surface area contributed by atoms with Gasteiger partial charge < -0.3 is 14.8 Å². The van der Waals surface area contributed by atoms with Crippen LogP contribution in [0.15, 0.2) is 12.4 Å². The standard InChI is InChI=1S/C6H8N2O3/c9-4-5-7-1-2-8(5)3-6(10)11/h1-2,9H,3-4H2,(H,10,11). The molecule has 0 bridgehead atoms. The van der Waals surface area contributed by atoms with Crippen LogP contribution in [0.5, 0.6) is 0 Å². The Morgan fingerprint density at radius 2 is 2.45 bits per heavy atom. The molecule has 0 saturated carbocycles. The van der Waals surface area contributed by atoms with Crippen LogP contribution < -0.4 is 0 Å². The number of aromatic nitrogens is 2. The van der Waals surface area contributed by atoms with Gasteiger partial charge in [0.25, 0.3) is 0 Å². The van der Waals surface area contributed by atoms with Gasteiger partial charge in [-0.1, -0.05) is 0 Å². The van der Waals surface area contributed by atoms with Crippen molar-refractivity contribution in [3.63, 3.8) is 0 Å². The van der Waals surface area contributed by atoms with E-state index in [1.54, 1.807) is 0 Å². The van der Waals surface area contributed by atoms with E-state index in [4.69, 9.17) is 10.2 Å². The van der Waals surface area contributed by atoms with Crippen LogP contribution in [0.4, 0.5) is 0 Å². The maximum Gasteiger partial charge on any atom is 0.323 e. The summed E-state index contributed by atoms with van der Waals surface area (Å²) in [5, 5.41) is 17.0. The first-order valence-corrected chi connectivity index (χ1v) is 3.06. The van der Waals surface area contributed by atoms with E-state index in [9.17, 15) is 4.79 Å². The van der Waals surface area contributed by atoms with Gasteiger partial charge in [-0.3, -0.25) is 4.79 Å². The van der Waals surface area contributed by atoms with E-state index in [2.05, 4.69) is 4.98 Å². The van der Waals surface area contributed by atoms with E-state index in [1.807, 2.05) is 0 Å². The summed E-state index contributed by atoms with van der Waals surface area (Å²) in [5.41, 5.74) is 0. The highest BCUT2D eigenvalue weighted by atomic mass is 16.4. The molecule has 0 aliphatic rings. The summed E-state index contributed by atoms with van der Waals surface area (Å²) in [5.74, 6) is -0.579. The average Bonchev–Trinajstić information content (AvgIpc) is 2.34. The molecular formula is C6H8N2O3. The van der Waals surface area contributed by atoms with Crippen molar-refractivity contribution in [1.29, 1.82) is 0 Å². The van der Waals surface area contributed by atoms with Crippen LogP contribution in [0, 0.1) is 0 Å². The van der Waals surface area contributed by atoms with Crippen molar-refractivity contribution < 1.29 is 15.0 Å². The van der Waals surface area contributed by atoms with Crippen LogP contribution >= 0.6 is 0 Å². The normalized spacial score (nSPS) is 9.91. The quantitative estimate of drug-likeness (QED) is 0.616. The van der Waals surface area contributed by atoms with Crippen molar-refractivity contribution >= 4 is 5.97 Å². The first-order valence-electron chi connectivity index (χ1n) is 3.06. The average molecular weight is 156 g/mol. The number of nitrogens with zero attached hydrogens (tertiary/aromatic N) is 2. The molecule has 0 aliphatic heterocycles. The molecule has 0 radical (unpaired) electrons. The molecule has 60 valence electrons. The van der Waals surface area contributed by atoms with E-state index in [0.717, 1.165) is 0 Å². The Kier molecular flexibility index (Phi) is 2.22. The van der Waals surface area contributed by atoms with Gasteiger partial charge in [0.2, 0.25) is 0 Å². The fraction of sp³-hybridized carbons (Fsp3) is 0.333. The molecule has 0 atom stereocenters. The Morgan fingerprint density at radius 1 is 1.73 bits per heavy atom. The lowest BCUT2D eigenvalue weighted by Gasteiger charge is -1.99. The van der Waals surface area contributed by atoms with Gasteiger partial charge in [0.05, 0.1) is 0 Å². The molecule has 0 unspecified atom stereocenters. The van der Waals surface area contributed by atoms with Crippen molar-refractivity contribution in [3.8, 4) is 0 Å². The lowest BCUT2D eigenvalue weighted by atomic mass is 10.5. The molecule has 0 saturated heterocycles. The molecule has 1 aromatic rings. The third-order valence-corrected chi connectivity index (χ3v) is 1.25. The maximum absolute atomic E-state index is 10.2. The molecule has 11 heavy (non-hydrogen) atoms. The second kappa shape index (κ2) is 3.16. The van der Waals surface area contributed by atoms with Crippen LogP contribution in [-0.2, 0) is 17.9 Å². The molecule has 1 aromatic heterocycles. The molecular weight excluding hydrogens is 148 g/mol. The minimum absolute atomic E-state index is 0.157.